The summed E-state index contributed by atoms with van der Waals surface area (Å²) in [6.07, 6.45) is 2.41. The third-order valence-electron chi connectivity index (χ3n) is 2.61. The molecule has 6 nitrogen and oxygen atoms in total. The van der Waals surface area contributed by atoms with Crippen LogP contribution in [0, 0.1) is 0 Å². The zero-order valence-corrected chi connectivity index (χ0v) is 12.3. The van der Waals surface area contributed by atoms with E-state index in [-0.39, 0.29) is 17.7 Å². The van der Waals surface area contributed by atoms with Crippen LogP contribution >= 0.6 is 11.8 Å². The van der Waals surface area contributed by atoms with Crippen LogP contribution in [0.15, 0.2) is 0 Å². The van der Waals surface area contributed by atoms with Gasteiger partial charge in [0, 0.05) is 0 Å². The minimum Gasteiger partial charge on any atom is -0.377 e. The van der Waals surface area contributed by atoms with E-state index in [4.69, 9.17) is 4.74 Å². The molecule has 1 aliphatic heterocycles. The molecule has 0 aromatic rings. The average Bonchev–Trinajstić information content (AvgIpc) is 2.28. The van der Waals surface area contributed by atoms with Gasteiger partial charge in [0.2, 0.25) is 15.9 Å². The Morgan fingerprint density at radius 1 is 1.50 bits per heavy atom. The lowest BCUT2D eigenvalue weighted by molar-refractivity contribution is -0.126. The molecule has 2 N–H and O–H groups in total. The van der Waals surface area contributed by atoms with Crippen LogP contribution in [0.2, 0.25) is 0 Å². The number of ether oxygens (including phenoxy) is 1. The molecular formula is C10H20N2O4S2. The topological polar surface area (TPSA) is 84.5 Å². The van der Waals surface area contributed by atoms with Crippen molar-refractivity contribution in [2.75, 3.05) is 31.0 Å². The Morgan fingerprint density at radius 2 is 2.17 bits per heavy atom. The van der Waals surface area contributed by atoms with Crippen molar-refractivity contribution in [1.29, 1.82) is 0 Å². The van der Waals surface area contributed by atoms with Crippen LogP contribution in [0.3, 0.4) is 0 Å². The normalized spacial score (nSPS) is 18.1. The molecule has 1 fully saturated rings. The number of carbonyl (C=O) groups excluding carboxylic acids is 1. The fraction of sp³-hybridized carbons (Fsp3) is 0.900. The summed E-state index contributed by atoms with van der Waals surface area (Å²) >= 11 is 1.58. The second kappa shape index (κ2) is 7.32. The van der Waals surface area contributed by atoms with Crippen LogP contribution in [0.5, 0.6) is 0 Å². The Bertz CT molecular complexity index is 368. The molecule has 1 atom stereocenters. The first-order valence-electron chi connectivity index (χ1n) is 5.85. The van der Waals surface area contributed by atoms with Crippen molar-refractivity contribution in [2.45, 2.75) is 25.4 Å². The molecule has 0 aliphatic carbocycles. The van der Waals surface area contributed by atoms with Gasteiger partial charge in [-0.25, -0.2) is 13.1 Å². The van der Waals surface area contributed by atoms with E-state index in [2.05, 4.69) is 10.0 Å². The Kier molecular flexibility index (Phi) is 6.40. The number of rotatable bonds is 8. The summed E-state index contributed by atoms with van der Waals surface area (Å²) < 4.78 is 30.4. The summed E-state index contributed by atoms with van der Waals surface area (Å²) in [6, 6.07) is -0.677. The third-order valence-corrected chi connectivity index (χ3v) is 4.66. The number of hydrogen-bond acceptors (Lipinski definition) is 5. The summed E-state index contributed by atoms with van der Waals surface area (Å²) in [5.41, 5.74) is 0. The van der Waals surface area contributed by atoms with Gasteiger partial charge in [0.1, 0.15) is 6.04 Å². The predicted octanol–water partition coefficient (Wildman–Crippen LogP) is -0.438. The van der Waals surface area contributed by atoms with Gasteiger partial charge >= 0.3 is 0 Å². The minimum absolute atomic E-state index is 0.0143. The number of carbonyl (C=O) groups is 1. The molecule has 18 heavy (non-hydrogen) atoms. The SMILES string of the molecule is CCS(=O)(=O)NC(CCSC)C(=O)NC1COC1. The van der Waals surface area contributed by atoms with E-state index >= 15 is 0 Å². The van der Waals surface area contributed by atoms with E-state index in [1.54, 1.807) is 18.7 Å². The van der Waals surface area contributed by atoms with Gasteiger partial charge in [-0.3, -0.25) is 4.79 Å². The Morgan fingerprint density at radius 3 is 2.61 bits per heavy atom. The second-order valence-corrected chi connectivity index (χ2v) is 7.13. The molecule has 0 aromatic carbocycles. The van der Waals surface area contributed by atoms with Gasteiger partial charge in [0.15, 0.2) is 0 Å². The van der Waals surface area contributed by atoms with Gasteiger partial charge in [-0.15, -0.1) is 0 Å². The average molecular weight is 296 g/mol. The zero-order valence-electron chi connectivity index (χ0n) is 10.6. The maximum Gasteiger partial charge on any atom is 0.238 e. The van der Waals surface area contributed by atoms with Gasteiger partial charge in [-0.1, -0.05) is 0 Å². The first-order valence-corrected chi connectivity index (χ1v) is 8.90. The molecule has 0 radical (unpaired) electrons. The smallest absolute Gasteiger partial charge is 0.238 e. The monoisotopic (exact) mass is 296 g/mol. The maximum atomic E-state index is 11.9. The van der Waals surface area contributed by atoms with E-state index in [0.717, 1.165) is 5.75 Å². The van der Waals surface area contributed by atoms with Crippen LogP contribution < -0.4 is 10.0 Å². The largest absolute Gasteiger partial charge is 0.377 e. The van der Waals surface area contributed by atoms with E-state index in [9.17, 15) is 13.2 Å². The molecule has 1 saturated heterocycles. The molecule has 1 aliphatic rings. The highest BCUT2D eigenvalue weighted by molar-refractivity contribution is 7.98. The molecule has 0 saturated carbocycles. The summed E-state index contributed by atoms with van der Waals surface area (Å²) in [5.74, 6) is 0.433. The lowest BCUT2D eigenvalue weighted by atomic mass is 10.2. The Labute approximate surface area is 112 Å². The van der Waals surface area contributed by atoms with Crippen molar-refractivity contribution >= 4 is 27.7 Å². The van der Waals surface area contributed by atoms with Crippen molar-refractivity contribution in [2.24, 2.45) is 0 Å². The van der Waals surface area contributed by atoms with Gasteiger partial charge < -0.3 is 10.1 Å². The number of thioether (sulfide) groups is 1. The lowest BCUT2D eigenvalue weighted by Crippen LogP contribution is -2.55. The van der Waals surface area contributed by atoms with Crippen molar-refractivity contribution in [1.82, 2.24) is 10.0 Å². The van der Waals surface area contributed by atoms with Gasteiger partial charge in [0.25, 0.3) is 0 Å². The van der Waals surface area contributed by atoms with Crippen LogP contribution in [0.4, 0.5) is 0 Å². The van der Waals surface area contributed by atoms with Crippen molar-refractivity contribution in [3.05, 3.63) is 0 Å². The molecule has 1 rings (SSSR count). The first kappa shape index (κ1) is 15.7. The van der Waals surface area contributed by atoms with Crippen LogP contribution in [0.1, 0.15) is 13.3 Å². The number of sulfonamides is 1. The molecule has 1 amide bonds. The minimum atomic E-state index is -3.37. The van der Waals surface area contributed by atoms with Crippen molar-refractivity contribution < 1.29 is 17.9 Å². The Hall–Kier alpha value is -0.310. The molecule has 0 aromatic heterocycles. The highest BCUT2D eigenvalue weighted by Crippen LogP contribution is 2.05. The predicted molar refractivity (Wildman–Crippen MR) is 72.1 cm³/mol. The molecule has 0 spiro atoms. The highest BCUT2D eigenvalue weighted by Gasteiger charge is 2.27. The highest BCUT2D eigenvalue weighted by atomic mass is 32.2. The van der Waals surface area contributed by atoms with Crippen LogP contribution in [0.25, 0.3) is 0 Å². The van der Waals surface area contributed by atoms with E-state index in [1.165, 1.54) is 0 Å². The van der Waals surface area contributed by atoms with Gasteiger partial charge in [-0.2, -0.15) is 11.8 Å². The van der Waals surface area contributed by atoms with Gasteiger partial charge in [-0.05, 0) is 25.4 Å². The van der Waals surface area contributed by atoms with Gasteiger partial charge in [0.05, 0.1) is 25.0 Å². The molecule has 106 valence electrons. The fourth-order valence-electron chi connectivity index (χ4n) is 1.40. The third kappa shape index (κ3) is 5.13. The summed E-state index contributed by atoms with van der Waals surface area (Å²) in [5, 5.41) is 2.77. The fourth-order valence-corrected chi connectivity index (χ4v) is 2.70. The van der Waals surface area contributed by atoms with Crippen LogP contribution in [-0.4, -0.2) is 57.4 Å². The molecule has 0 bridgehead atoms. The van der Waals surface area contributed by atoms with Crippen molar-refractivity contribution in [3.8, 4) is 0 Å². The number of nitrogens with one attached hydrogen (secondary N) is 2. The summed E-state index contributed by atoms with van der Waals surface area (Å²) in [4.78, 5) is 11.9. The lowest BCUT2D eigenvalue weighted by Gasteiger charge is -2.29. The summed E-state index contributed by atoms with van der Waals surface area (Å²) in [6.45, 7) is 2.55. The zero-order chi connectivity index (χ0) is 13.6. The first-order chi connectivity index (χ1) is 8.48. The van der Waals surface area contributed by atoms with E-state index in [0.29, 0.717) is 19.6 Å². The summed E-state index contributed by atoms with van der Waals surface area (Å²) in [7, 11) is -3.37. The molecular weight excluding hydrogens is 276 g/mol. The second-order valence-electron chi connectivity index (χ2n) is 4.10. The molecule has 1 heterocycles. The maximum absolute atomic E-state index is 11.9. The Balaban J connectivity index is 2.55. The van der Waals surface area contributed by atoms with E-state index < -0.39 is 16.1 Å². The number of amides is 1. The van der Waals surface area contributed by atoms with Crippen LogP contribution in [-0.2, 0) is 19.6 Å². The number of hydrogen-bond donors (Lipinski definition) is 2. The molecule has 8 heteroatoms. The van der Waals surface area contributed by atoms with Crippen molar-refractivity contribution in [3.63, 3.8) is 0 Å². The van der Waals surface area contributed by atoms with E-state index in [1.807, 2.05) is 6.26 Å². The molecule has 1 unspecified atom stereocenters. The standard InChI is InChI=1S/C10H20N2O4S2/c1-3-18(14,15)12-9(4-5-17-2)10(13)11-8-6-16-7-8/h8-9,12H,3-7H2,1-2H3,(H,11,13). The quantitative estimate of drug-likeness (QED) is 0.634.